The molecule has 0 amide bonds. The summed E-state index contributed by atoms with van der Waals surface area (Å²) in [5, 5.41) is 10.5. The summed E-state index contributed by atoms with van der Waals surface area (Å²) < 4.78 is 13.9. The fraction of sp³-hybridized carbons (Fsp3) is 0.118. The molecule has 2 aromatic carbocycles. The van der Waals surface area contributed by atoms with Crippen LogP contribution in [0.3, 0.4) is 0 Å². The van der Waals surface area contributed by atoms with Gasteiger partial charge >= 0.3 is 0 Å². The molecule has 1 heterocycles. The number of para-hydroxylation sites is 2. The van der Waals surface area contributed by atoms with Crippen molar-refractivity contribution in [2.75, 3.05) is 11.9 Å². The molecule has 0 saturated carbocycles. The minimum Gasteiger partial charge on any atom is -0.392 e. The molecular weight excluding hydrogens is 267 g/mol. The maximum atomic E-state index is 13.9. The molecule has 4 heteroatoms. The number of pyridine rings is 1. The fourth-order valence-corrected chi connectivity index (χ4v) is 2.38. The summed E-state index contributed by atoms with van der Waals surface area (Å²) in [6, 6.07) is 15.9. The Morgan fingerprint density at radius 3 is 2.57 bits per heavy atom. The van der Waals surface area contributed by atoms with Crippen molar-refractivity contribution in [3.05, 3.63) is 66.0 Å². The van der Waals surface area contributed by atoms with E-state index >= 15 is 0 Å². The average molecular weight is 282 g/mol. The van der Waals surface area contributed by atoms with E-state index in [9.17, 15) is 9.50 Å². The van der Waals surface area contributed by atoms with Gasteiger partial charge in [0.15, 0.2) is 0 Å². The molecule has 106 valence electrons. The standard InChI is InChI=1S/C17H15FN2O/c1-20(16-9-5-3-7-14(16)18)17-10-12(11-21)13-6-2-4-8-15(13)19-17/h2-10,21H,11H2,1H3. The Labute approximate surface area is 122 Å². The third-order valence-corrected chi connectivity index (χ3v) is 3.52. The molecule has 0 radical (unpaired) electrons. The second kappa shape index (κ2) is 5.50. The molecule has 3 nitrogen and oxygen atoms in total. The number of nitrogens with zero attached hydrogens (tertiary/aromatic N) is 2. The summed E-state index contributed by atoms with van der Waals surface area (Å²) in [6.45, 7) is -0.0822. The smallest absolute Gasteiger partial charge is 0.146 e. The Morgan fingerprint density at radius 2 is 1.81 bits per heavy atom. The van der Waals surface area contributed by atoms with Crippen molar-refractivity contribution in [1.82, 2.24) is 4.98 Å². The number of hydrogen-bond donors (Lipinski definition) is 1. The minimum absolute atomic E-state index is 0.0822. The Kier molecular flexibility index (Phi) is 3.54. The van der Waals surface area contributed by atoms with E-state index in [-0.39, 0.29) is 12.4 Å². The van der Waals surface area contributed by atoms with Crippen LogP contribution in [0.1, 0.15) is 5.56 Å². The highest BCUT2D eigenvalue weighted by Gasteiger charge is 2.12. The second-order valence-corrected chi connectivity index (χ2v) is 4.83. The maximum Gasteiger partial charge on any atom is 0.146 e. The van der Waals surface area contributed by atoms with Crippen LogP contribution in [-0.4, -0.2) is 17.1 Å². The molecule has 0 fully saturated rings. The molecule has 1 aromatic heterocycles. The van der Waals surface area contributed by atoms with E-state index in [1.807, 2.05) is 24.3 Å². The molecule has 21 heavy (non-hydrogen) atoms. The van der Waals surface area contributed by atoms with Gasteiger partial charge < -0.3 is 10.0 Å². The predicted octanol–water partition coefficient (Wildman–Crippen LogP) is 3.63. The molecule has 3 rings (SSSR count). The normalized spacial score (nSPS) is 10.8. The van der Waals surface area contributed by atoms with Gasteiger partial charge in [-0.1, -0.05) is 30.3 Å². The van der Waals surface area contributed by atoms with Gasteiger partial charge in [0.25, 0.3) is 0 Å². The molecule has 0 aliphatic heterocycles. The van der Waals surface area contributed by atoms with E-state index < -0.39 is 0 Å². The van der Waals surface area contributed by atoms with E-state index in [4.69, 9.17) is 0 Å². The summed E-state index contributed by atoms with van der Waals surface area (Å²) in [4.78, 5) is 6.23. The van der Waals surface area contributed by atoms with Crippen LogP contribution < -0.4 is 4.90 Å². The quantitative estimate of drug-likeness (QED) is 0.797. The lowest BCUT2D eigenvalue weighted by Gasteiger charge is -2.20. The van der Waals surface area contributed by atoms with E-state index in [0.717, 1.165) is 16.5 Å². The van der Waals surface area contributed by atoms with Gasteiger partial charge in [-0.3, -0.25) is 0 Å². The van der Waals surface area contributed by atoms with Crippen LogP contribution in [0.5, 0.6) is 0 Å². The largest absolute Gasteiger partial charge is 0.392 e. The average Bonchev–Trinajstić information content (AvgIpc) is 2.53. The first-order valence-corrected chi connectivity index (χ1v) is 6.68. The van der Waals surface area contributed by atoms with Crippen molar-refractivity contribution >= 4 is 22.4 Å². The van der Waals surface area contributed by atoms with Gasteiger partial charge in [-0.25, -0.2) is 9.37 Å². The minimum atomic E-state index is -0.305. The first kappa shape index (κ1) is 13.5. The zero-order valence-corrected chi connectivity index (χ0v) is 11.6. The summed E-state index contributed by atoms with van der Waals surface area (Å²) in [5.74, 6) is 0.295. The Balaban J connectivity index is 2.14. The Morgan fingerprint density at radius 1 is 1.10 bits per heavy atom. The van der Waals surface area contributed by atoms with Crippen LogP contribution in [0.25, 0.3) is 10.9 Å². The first-order valence-electron chi connectivity index (χ1n) is 6.68. The van der Waals surface area contributed by atoms with Crippen LogP contribution >= 0.6 is 0 Å². The number of benzene rings is 2. The third-order valence-electron chi connectivity index (χ3n) is 3.52. The van der Waals surface area contributed by atoms with Crippen molar-refractivity contribution in [1.29, 1.82) is 0 Å². The van der Waals surface area contributed by atoms with Crippen LogP contribution in [0.2, 0.25) is 0 Å². The maximum absolute atomic E-state index is 13.9. The van der Waals surface area contributed by atoms with Crippen molar-refractivity contribution in [2.24, 2.45) is 0 Å². The van der Waals surface area contributed by atoms with Gasteiger partial charge in [0, 0.05) is 12.4 Å². The SMILES string of the molecule is CN(c1cc(CO)c2ccccc2n1)c1ccccc1F. The van der Waals surface area contributed by atoms with E-state index in [1.165, 1.54) is 6.07 Å². The van der Waals surface area contributed by atoms with Gasteiger partial charge in [-0.15, -0.1) is 0 Å². The molecule has 1 N–H and O–H groups in total. The third kappa shape index (κ3) is 2.45. The predicted molar refractivity (Wildman–Crippen MR) is 82.1 cm³/mol. The lowest BCUT2D eigenvalue weighted by molar-refractivity contribution is 0.283. The number of aliphatic hydroxyl groups is 1. The van der Waals surface area contributed by atoms with E-state index in [0.29, 0.717) is 11.5 Å². The second-order valence-electron chi connectivity index (χ2n) is 4.83. The number of hydrogen-bond acceptors (Lipinski definition) is 3. The first-order chi connectivity index (χ1) is 10.2. The fourth-order valence-electron chi connectivity index (χ4n) is 2.38. The van der Waals surface area contributed by atoms with E-state index in [2.05, 4.69) is 4.98 Å². The highest BCUT2D eigenvalue weighted by molar-refractivity contribution is 5.84. The Hall–Kier alpha value is -2.46. The van der Waals surface area contributed by atoms with Crippen LogP contribution in [0.4, 0.5) is 15.9 Å². The number of rotatable bonds is 3. The summed E-state index contributed by atoms with van der Waals surface area (Å²) >= 11 is 0. The highest BCUT2D eigenvalue weighted by atomic mass is 19.1. The summed E-state index contributed by atoms with van der Waals surface area (Å²) in [5.41, 5.74) is 2.00. The number of halogens is 1. The topological polar surface area (TPSA) is 36.4 Å². The van der Waals surface area contributed by atoms with Gasteiger partial charge in [-0.05, 0) is 29.8 Å². The number of fused-ring (bicyclic) bond motifs is 1. The molecule has 0 aliphatic rings. The lowest BCUT2D eigenvalue weighted by Crippen LogP contribution is -2.13. The highest BCUT2D eigenvalue weighted by Crippen LogP contribution is 2.28. The zero-order valence-electron chi connectivity index (χ0n) is 11.6. The van der Waals surface area contributed by atoms with Crippen molar-refractivity contribution in [2.45, 2.75) is 6.61 Å². The van der Waals surface area contributed by atoms with Gasteiger partial charge in [0.2, 0.25) is 0 Å². The van der Waals surface area contributed by atoms with E-state index in [1.54, 1.807) is 36.2 Å². The zero-order chi connectivity index (χ0) is 14.8. The van der Waals surface area contributed by atoms with Crippen molar-refractivity contribution in [3.8, 4) is 0 Å². The van der Waals surface area contributed by atoms with Gasteiger partial charge in [-0.2, -0.15) is 0 Å². The summed E-state index contributed by atoms with van der Waals surface area (Å²) in [7, 11) is 1.76. The van der Waals surface area contributed by atoms with Crippen LogP contribution in [0, 0.1) is 5.82 Å². The summed E-state index contributed by atoms with van der Waals surface area (Å²) in [6.07, 6.45) is 0. The van der Waals surface area contributed by atoms with Crippen molar-refractivity contribution in [3.63, 3.8) is 0 Å². The molecular formula is C17H15FN2O. The van der Waals surface area contributed by atoms with Gasteiger partial charge in [0.05, 0.1) is 17.8 Å². The Bertz CT molecular complexity index is 789. The van der Waals surface area contributed by atoms with Crippen molar-refractivity contribution < 1.29 is 9.50 Å². The molecule has 0 bridgehead atoms. The molecule has 0 atom stereocenters. The molecule has 0 aliphatic carbocycles. The molecule has 3 aromatic rings. The number of aliphatic hydroxyl groups excluding tert-OH is 1. The number of aromatic nitrogens is 1. The lowest BCUT2D eigenvalue weighted by atomic mass is 10.1. The number of anilines is 2. The molecule has 0 unspecified atom stereocenters. The monoisotopic (exact) mass is 282 g/mol. The molecule has 0 spiro atoms. The van der Waals surface area contributed by atoms with Crippen LogP contribution in [-0.2, 0) is 6.61 Å². The van der Waals surface area contributed by atoms with Crippen LogP contribution in [0.15, 0.2) is 54.6 Å². The molecule has 0 saturated heterocycles. The van der Waals surface area contributed by atoms with Gasteiger partial charge in [0.1, 0.15) is 11.6 Å².